The molecular formula is C12H24O2S. The lowest BCUT2D eigenvalue weighted by Crippen LogP contribution is -2.23. The Kier molecular flexibility index (Phi) is 7.28. The van der Waals surface area contributed by atoms with Gasteiger partial charge in [0.05, 0.1) is 11.4 Å². The summed E-state index contributed by atoms with van der Waals surface area (Å²) in [6, 6.07) is 0. The van der Waals surface area contributed by atoms with E-state index in [1.165, 1.54) is 0 Å². The number of rotatable bonds is 8. The lowest BCUT2D eigenvalue weighted by Gasteiger charge is -2.22. The molecular weight excluding hydrogens is 208 g/mol. The molecule has 0 aromatic carbocycles. The molecule has 0 amide bonds. The van der Waals surface area contributed by atoms with Gasteiger partial charge in [0.2, 0.25) is 0 Å². The van der Waals surface area contributed by atoms with Gasteiger partial charge in [-0.25, -0.2) is 0 Å². The first-order valence-corrected chi connectivity index (χ1v) is 6.64. The van der Waals surface area contributed by atoms with Crippen molar-refractivity contribution in [1.29, 1.82) is 0 Å². The summed E-state index contributed by atoms with van der Waals surface area (Å²) in [6.07, 6.45) is 2.56. The zero-order valence-corrected chi connectivity index (χ0v) is 11.4. The summed E-state index contributed by atoms with van der Waals surface area (Å²) in [5.74, 6) is 0.986. The second-order valence-corrected chi connectivity index (χ2v) is 5.96. The largest absolute Gasteiger partial charge is 0.379 e. The number of hydrogen-bond acceptors (Lipinski definition) is 3. The van der Waals surface area contributed by atoms with Crippen molar-refractivity contribution < 1.29 is 9.53 Å². The number of carbonyl (C=O) groups is 1. The van der Waals surface area contributed by atoms with Crippen LogP contribution in [-0.4, -0.2) is 29.5 Å². The highest BCUT2D eigenvalue weighted by molar-refractivity contribution is 8.00. The molecule has 0 radical (unpaired) electrons. The van der Waals surface area contributed by atoms with E-state index in [0.717, 1.165) is 12.8 Å². The van der Waals surface area contributed by atoms with Gasteiger partial charge in [-0.3, -0.25) is 4.79 Å². The molecule has 0 spiro atoms. The van der Waals surface area contributed by atoms with E-state index in [1.54, 1.807) is 18.9 Å². The normalized spacial score (nSPS) is 13.9. The van der Waals surface area contributed by atoms with Crippen LogP contribution in [0.1, 0.15) is 47.0 Å². The van der Waals surface area contributed by atoms with Crippen LogP contribution in [0.4, 0.5) is 0 Å². The van der Waals surface area contributed by atoms with Crippen LogP contribution in [0.25, 0.3) is 0 Å². The molecule has 0 fully saturated rings. The van der Waals surface area contributed by atoms with Crippen LogP contribution < -0.4 is 0 Å². The van der Waals surface area contributed by atoms with E-state index in [4.69, 9.17) is 4.74 Å². The van der Waals surface area contributed by atoms with Gasteiger partial charge >= 0.3 is 0 Å². The predicted molar refractivity (Wildman–Crippen MR) is 67.5 cm³/mol. The molecule has 0 aliphatic heterocycles. The molecule has 0 aromatic heterocycles. The first-order valence-electron chi connectivity index (χ1n) is 5.59. The van der Waals surface area contributed by atoms with Gasteiger partial charge < -0.3 is 4.74 Å². The monoisotopic (exact) mass is 232 g/mol. The summed E-state index contributed by atoms with van der Waals surface area (Å²) >= 11 is 1.75. The fourth-order valence-corrected chi connectivity index (χ4v) is 1.82. The Morgan fingerprint density at radius 2 is 2.07 bits per heavy atom. The average Bonchev–Trinajstić information content (AvgIpc) is 2.23. The fourth-order valence-electron chi connectivity index (χ4n) is 0.968. The van der Waals surface area contributed by atoms with Gasteiger partial charge in [-0.1, -0.05) is 13.8 Å². The Morgan fingerprint density at radius 3 is 2.53 bits per heavy atom. The van der Waals surface area contributed by atoms with E-state index >= 15 is 0 Å². The molecule has 15 heavy (non-hydrogen) atoms. The van der Waals surface area contributed by atoms with Crippen molar-refractivity contribution in [3.8, 4) is 0 Å². The third-order valence-corrected chi connectivity index (χ3v) is 4.05. The van der Waals surface area contributed by atoms with Gasteiger partial charge in [-0.15, -0.1) is 0 Å². The van der Waals surface area contributed by atoms with Gasteiger partial charge in [0.25, 0.3) is 0 Å². The zero-order valence-electron chi connectivity index (χ0n) is 10.6. The summed E-state index contributed by atoms with van der Waals surface area (Å²) in [5, 5.41) is 0.587. The molecule has 0 N–H and O–H groups in total. The Labute approximate surface area is 98.2 Å². The molecule has 0 aromatic rings. The Morgan fingerprint density at radius 1 is 1.47 bits per heavy atom. The molecule has 0 aliphatic carbocycles. The summed E-state index contributed by atoms with van der Waals surface area (Å²) in [7, 11) is 1.69. The van der Waals surface area contributed by atoms with Crippen molar-refractivity contribution in [2.24, 2.45) is 0 Å². The molecule has 0 heterocycles. The minimum absolute atomic E-state index is 0.170. The maximum atomic E-state index is 11.5. The van der Waals surface area contributed by atoms with Crippen LogP contribution in [0.15, 0.2) is 0 Å². The van der Waals surface area contributed by atoms with Gasteiger partial charge in [-0.2, -0.15) is 11.8 Å². The van der Waals surface area contributed by atoms with E-state index in [2.05, 4.69) is 13.8 Å². The summed E-state index contributed by atoms with van der Waals surface area (Å²) < 4.78 is 5.28. The molecule has 1 unspecified atom stereocenters. The van der Waals surface area contributed by atoms with E-state index in [-0.39, 0.29) is 5.60 Å². The molecule has 0 saturated carbocycles. The number of ketones is 1. The lowest BCUT2D eigenvalue weighted by molar-refractivity contribution is -0.118. The third-order valence-electron chi connectivity index (χ3n) is 2.66. The summed E-state index contributed by atoms with van der Waals surface area (Å²) in [4.78, 5) is 11.5. The molecule has 0 rings (SSSR count). The van der Waals surface area contributed by atoms with Crippen LogP contribution in [0.2, 0.25) is 0 Å². The van der Waals surface area contributed by atoms with E-state index in [1.807, 2.05) is 13.8 Å². The van der Waals surface area contributed by atoms with Gasteiger partial charge in [-0.05, 0) is 26.7 Å². The molecule has 0 saturated heterocycles. The highest BCUT2D eigenvalue weighted by Crippen LogP contribution is 2.18. The minimum Gasteiger partial charge on any atom is -0.379 e. The maximum Gasteiger partial charge on any atom is 0.142 e. The standard InChI is InChI=1S/C12H24O2S/c1-6-10(2)15-9-11(13)7-8-12(3,4)14-5/h10H,6-9H2,1-5H3. The highest BCUT2D eigenvalue weighted by atomic mass is 32.2. The number of Topliss-reactive ketones (excluding diaryl/α,β-unsaturated/α-hetero) is 1. The fraction of sp³-hybridized carbons (Fsp3) is 0.917. The van der Waals surface area contributed by atoms with Gasteiger partial charge in [0.15, 0.2) is 0 Å². The van der Waals surface area contributed by atoms with E-state index in [0.29, 0.717) is 23.2 Å². The summed E-state index contributed by atoms with van der Waals surface area (Å²) in [5.41, 5.74) is -0.170. The maximum absolute atomic E-state index is 11.5. The number of thioether (sulfide) groups is 1. The molecule has 1 atom stereocenters. The second-order valence-electron chi connectivity index (χ2n) is 4.53. The van der Waals surface area contributed by atoms with Crippen molar-refractivity contribution in [2.75, 3.05) is 12.9 Å². The number of methoxy groups -OCH3 is 1. The van der Waals surface area contributed by atoms with Crippen LogP contribution in [0.5, 0.6) is 0 Å². The quantitative estimate of drug-likeness (QED) is 0.642. The van der Waals surface area contributed by atoms with Crippen molar-refractivity contribution in [3.05, 3.63) is 0 Å². The first-order chi connectivity index (χ1) is 6.91. The van der Waals surface area contributed by atoms with Crippen LogP contribution in [-0.2, 0) is 9.53 Å². The summed E-state index contributed by atoms with van der Waals surface area (Å²) in [6.45, 7) is 8.34. The van der Waals surface area contributed by atoms with Gasteiger partial charge in [0, 0.05) is 18.8 Å². The van der Waals surface area contributed by atoms with Crippen LogP contribution in [0.3, 0.4) is 0 Å². The number of ether oxygens (including phenoxy) is 1. The molecule has 2 nitrogen and oxygen atoms in total. The van der Waals surface area contributed by atoms with Crippen LogP contribution >= 0.6 is 11.8 Å². The predicted octanol–water partition coefficient (Wildman–Crippen LogP) is 3.29. The molecule has 0 bridgehead atoms. The lowest BCUT2D eigenvalue weighted by atomic mass is 10.0. The van der Waals surface area contributed by atoms with E-state index < -0.39 is 0 Å². The molecule has 0 aliphatic rings. The smallest absolute Gasteiger partial charge is 0.142 e. The average molecular weight is 232 g/mol. The van der Waals surface area contributed by atoms with Crippen molar-refractivity contribution in [3.63, 3.8) is 0 Å². The second kappa shape index (κ2) is 7.29. The SMILES string of the molecule is CCC(C)SCC(=O)CCC(C)(C)OC. The Hall–Kier alpha value is -0.0200. The van der Waals surface area contributed by atoms with Crippen LogP contribution in [0, 0.1) is 0 Å². The van der Waals surface area contributed by atoms with Crippen molar-refractivity contribution in [2.45, 2.75) is 57.8 Å². The highest BCUT2D eigenvalue weighted by Gasteiger charge is 2.18. The molecule has 90 valence electrons. The number of carbonyl (C=O) groups excluding carboxylic acids is 1. The Bertz CT molecular complexity index is 190. The first kappa shape index (κ1) is 15.0. The van der Waals surface area contributed by atoms with Gasteiger partial charge in [0.1, 0.15) is 5.78 Å². The Balaban J connectivity index is 3.67. The minimum atomic E-state index is -0.170. The topological polar surface area (TPSA) is 26.3 Å². The number of hydrogen-bond donors (Lipinski definition) is 0. The van der Waals surface area contributed by atoms with Crippen molar-refractivity contribution >= 4 is 17.5 Å². The van der Waals surface area contributed by atoms with Crippen molar-refractivity contribution in [1.82, 2.24) is 0 Å². The van der Waals surface area contributed by atoms with E-state index in [9.17, 15) is 4.79 Å². The molecule has 3 heteroatoms. The third kappa shape index (κ3) is 7.86. The zero-order chi connectivity index (χ0) is 11.9.